The fourth-order valence-electron chi connectivity index (χ4n) is 3.31. The summed E-state index contributed by atoms with van der Waals surface area (Å²) < 4.78 is 5.78. The molecule has 1 aromatic rings. The van der Waals surface area contributed by atoms with E-state index in [-0.39, 0.29) is 0 Å². The Morgan fingerprint density at radius 3 is 2.67 bits per heavy atom. The second-order valence-electron chi connectivity index (χ2n) is 6.69. The number of rotatable bonds is 6. The molecule has 2 aliphatic rings. The van der Waals surface area contributed by atoms with E-state index in [0.29, 0.717) is 18.2 Å². The van der Waals surface area contributed by atoms with Crippen molar-refractivity contribution in [2.24, 2.45) is 5.92 Å². The van der Waals surface area contributed by atoms with Crippen molar-refractivity contribution in [2.45, 2.75) is 44.9 Å². The molecule has 0 aromatic heterocycles. The SMILES string of the molecule is CC(C)OCCN1CC(C2CC2)NCC1c1ccccc1. The minimum absolute atomic E-state index is 0.322. The van der Waals surface area contributed by atoms with Gasteiger partial charge in [0.25, 0.3) is 0 Å². The van der Waals surface area contributed by atoms with Crippen LogP contribution in [0.5, 0.6) is 0 Å². The van der Waals surface area contributed by atoms with Crippen LogP contribution in [0.25, 0.3) is 0 Å². The Kier molecular flexibility index (Phi) is 4.94. The molecular weight excluding hydrogens is 260 g/mol. The maximum atomic E-state index is 5.78. The van der Waals surface area contributed by atoms with Crippen LogP contribution in [0.2, 0.25) is 0 Å². The molecule has 21 heavy (non-hydrogen) atoms. The fourth-order valence-corrected chi connectivity index (χ4v) is 3.31. The van der Waals surface area contributed by atoms with Gasteiger partial charge in [0, 0.05) is 31.7 Å². The number of hydrogen-bond acceptors (Lipinski definition) is 3. The predicted molar refractivity (Wildman–Crippen MR) is 86.4 cm³/mol. The smallest absolute Gasteiger partial charge is 0.0597 e. The molecule has 0 spiro atoms. The molecule has 1 aliphatic heterocycles. The maximum absolute atomic E-state index is 5.78. The highest BCUT2D eigenvalue weighted by Crippen LogP contribution is 2.36. The maximum Gasteiger partial charge on any atom is 0.0597 e. The third-order valence-electron chi connectivity index (χ3n) is 4.65. The lowest BCUT2D eigenvalue weighted by atomic mass is 9.99. The molecule has 2 atom stereocenters. The lowest BCUT2D eigenvalue weighted by molar-refractivity contribution is 0.0345. The minimum atomic E-state index is 0.322. The topological polar surface area (TPSA) is 24.5 Å². The van der Waals surface area contributed by atoms with E-state index in [4.69, 9.17) is 4.74 Å². The van der Waals surface area contributed by atoms with Gasteiger partial charge in [0.2, 0.25) is 0 Å². The fraction of sp³-hybridized carbons (Fsp3) is 0.667. The lowest BCUT2D eigenvalue weighted by Gasteiger charge is -2.41. The van der Waals surface area contributed by atoms with Crippen LogP contribution in [-0.4, -0.2) is 43.3 Å². The van der Waals surface area contributed by atoms with E-state index in [1.54, 1.807) is 0 Å². The van der Waals surface area contributed by atoms with Gasteiger partial charge in [-0.05, 0) is 38.2 Å². The zero-order valence-corrected chi connectivity index (χ0v) is 13.3. The third-order valence-corrected chi connectivity index (χ3v) is 4.65. The van der Waals surface area contributed by atoms with Crippen molar-refractivity contribution in [1.82, 2.24) is 10.2 Å². The Balaban J connectivity index is 1.64. The van der Waals surface area contributed by atoms with Gasteiger partial charge in [0.15, 0.2) is 0 Å². The molecule has 1 heterocycles. The second-order valence-corrected chi connectivity index (χ2v) is 6.69. The summed E-state index contributed by atoms with van der Waals surface area (Å²) in [6, 6.07) is 12.1. The van der Waals surface area contributed by atoms with Crippen LogP contribution >= 0.6 is 0 Å². The van der Waals surface area contributed by atoms with Crippen LogP contribution in [0.3, 0.4) is 0 Å². The Bertz CT molecular complexity index is 430. The quantitative estimate of drug-likeness (QED) is 0.871. The highest BCUT2D eigenvalue weighted by atomic mass is 16.5. The summed E-state index contributed by atoms with van der Waals surface area (Å²) in [5.74, 6) is 0.912. The molecule has 1 aliphatic carbocycles. The van der Waals surface area contributed by atoms with Gasteiger partial charge in [0.1, 0.15) is 0 Å². The highest BCUT2D eigenvalue weighted by molar-refractivity contribution is 5.20. The van der Waals surface area contributed by atoms with E-state index in [0.717, 1.165) is 32.2 Å². The standard InChI is InChI=1S/C18H28N2O/c1-14(2)21-11-10-20-13-17(15-8-9-15)19-12-18(20)16-6-4-3-5-7-16/h3-7,14-15,17-19H,8-13H2,1-2H3. The largest absolute Gasteiger partial charge is 0.377 e. The van der Waals surface area contributed by atoms with Gasteiger partial charge >= 0.3 is 0 Å². The Morgan fingerprint density at radius 2 is 2.00 bits per heavy atom. The molecule has 1 saturated carbocycles. The average Bonchev–Trinajstić information content (AvgIpc) is 3.32. The van der Waals surface area contributed by atoms with E-state index >= 15 is 0 Å². The summed E-state index contributed by atoms with van der Waals surface area (Å²) in [4.78, 5) is 2.62. The van der Waals surface area contributed by atoms with E-state index in [1.165, 1.54) is 18.4 Å². The molecule has 1 aromatic carbocycles. The van der Waals surface area contributed by atoms with Gasteiger partial charge in [-0.1, -0.05) is 30.3 Å². The number of nitrogens with one attached hydrogen (secondary N) is 1. The predicted octanol–water partition coefficient (Wildman–Crippen LogP) is 2.84. The molecule has 1 saturated heterocycles. The highest BCUT2D eigenvalue weighted by Gasteiger charge is 2.37. The van der Waals surface area contributed by atoms with Gasteiger partial charge in [0.05, 0.1) is 12.7 Å². The van der Waals surface area contributed by atoms with Crippen LogP contribution in [0.15, 0.2) is 30.3 Å². The Morgan fingerprint density at radius 1 is 1.24 bits per heavy atom. The summed E-state index contributed by atoms with van der Waals surface area (Å²) in [6.45, 7) is 8.30. The zero-order valence-electron chi connectivity index (χ0n) is 13.3. The van der Waals surface area contributed by atoms with Crippen LogP contribution < -0.4 is 5.32 Å². The molecule has 0 bridgehead atoms. The van der Waals surface area contributed by atoms with Crippen LogP contribution in [0, 0.1) is 5.92 Å². The van der Waals surface area contributed by atoms with Crippen LogP contribution in [0.4, 0.5) is 0 Å². The van der Waals surface area contributed by atoms with Gasteiger partial charge in [-0.2, -0.15) is 0 Å². The molecule has 2 unspecified atom stereocenters. The molecule has 1 N–H and O–H groups in total. The van der Waals surface area contributed by atoms with Crippen molar-refractivity contribution >= 4 is 0 Å². The van der Waals surface area contributed by atoms with Crippen molar-refractivity contribution in [3.05, 3.63) is 35.9 Å². The van der Waals surface area contributed by atoms with Gasteiger partial charge in [-0.3, -0.25) is 4.90 Å². The molecule has 3 heteroatoms. The number of ether oxygens (including phenoxy) is 1. The molecule has 116 valence electrons. The van der Waals surface area contributed by atoms with E-state index < -0.39 is 0 Å². The van der Waals surface area contributed by atoms with Gasteiger partial charge in [-0.15, -0.1) is 0 Å². The third kappa shape index (κ3) is 4.06. The first-order valence-corrected chi connectivity index (χ1v) is 8.38. The van der Waals surface area contributed by atoms with Crippen molar-refractivity contribution in [3.8, 4) is 0 Å². The molecule has 0 amide bonds. The zero-order chi connectivity index (χ0) is 14.7. The summed E-state index contributed by atoms with van der Waals surface area (Å²) in [5, 5.41) is 3.78. The van der Waals surface area contributed by atoms with Crippen LogP contribution in [0.1, 0.15) is 38.3 Å². The Labute approximate surface area is 128 Å². The van der Waals surface area contributed by atoms with Gasteiger partial charge in [-0.25, -0.2) is 0 Å². The lowest BCUT2D eigenvalue weighted by Crippen LogP contribution is -2.53. The second kappa shape index (κ2) is 6.91. The van der Waals surface area contributed by atoms with Gasteiger partial charge < -0.3 is 10.1 Å². The normalized spacial score (nSPS) is 27.2. The molecule has 3 nitrogen and oxygen atoms in total. The minimum Gasteiger partial charge on any atom is -0.377 e. The average molecular weight is 288 g/mol. The van der Waals surface area contributed by atoms with Crippen molar-refractivity contribution in [3.63, 3.8) is 0 Å². The molecule has 2 fully saturated rings. The Hall–Kier alpha value is -0.900. The number of nitrogens with zero attached hydrogens (tertiary/aromatic N) is 1. The number of piperazine rings is 1. The van der Waals surface area contributed by atoms with E-state index in [1.807, 2.05) is 0 Å². The molecule has 0 radical (unpaired) electrons. The van der Waals surface area contributed by atoms with Crippen molar-refractivity contribution in [1.29, 1.82) is 0 Å². The molecule has 3 rings (SSSR count). The molecular formula is C18H28N2O. The number of benzene rings is 1. The first kappa shape index (κ1) is 15.0. The first-order chi connectivity index (χ1) is 10.2. The summed E-state index contributed by atoms with van der Waals surface area (Å²) >= 11 is 0. The first-order valence-electron chi connectivity index (χ1n) is 8.38. The van der Waals surface area contributed by atoms with Crippen molar-refractivity contribution in [2.75, 3.05) is 26.2 Å². The van der Waals surface area contributed by atoms with Crippen molar-refractivity contribution < 1.29 is 4.74 Å². The monoisotopic (exact) mass is 288 g/mol. The summed E-state index contributed by atoms with van der Waals surface area (Å²) in [6.07, 6.45) is 3.14. The number of hydrogen-bond donors (Lipinski definition) is 1. The summed E-state index contributed by atoms with van der Waals surface area (Å²) in [7, 11) is 0. The van der Waals surface area contributed by atoms with Crippen LogP contribution in [-0.2, 0) is 4.74 Å². The van der Waals surface area contributed by atoms with E-state index in [9.17, 15) is 0 Å². The summed E-state index contributed by atoms with van der Waals surface area (Å²) in [5.41, 5.74) is 1.42. The van der Waals surface area contributed by atoms with E-state index in [2.05, 4.69) is 54.4 Å².